The van der Waals surface area contributed by atoms with Gasteiger partial charge in [0.1, 0.15) is 11.3 Å². The molecule has 0 unspecified atom stereocenters. The van der Waals surface area contributed by atoms with Gasteiger partial charge in [-0.2, -0.15) is 4.98 Å². The molecule has 1 aliphatic rings. The Bertz CT molecular complexity index is 1530. The highest BCUT2D eigenvalue weighted by molar-refractivity contribution is 7.15. The van der Waals surface area contributed by atoms with E-state index in [4.69, 9.17) is 4.74 Å². The fraction of sp³-hybridized carbons (Fsp3) is 0.136. The molecule has 0 fully saturated rings. The molecule has 3 amide bonds. The molecule has 0 saturated heterocycles. The lowest BCUT2D eigenvalue weighted by Crippen LogP contribution is -2.33. The number of ether oxygens (including phenoxy) is 1. The average molecular weight is 492 g/mol. The molecule has 35 heavy (non-hydrogen) atoms. The molecule has 1 N–H and O–H groups in total. The van der Waals surface area contributed by atoms with Crippen LogP contribution in [-0.4, -0.2) is 55.8 Å². The second-order valence-corrected chi connectivity index (χ2v) is 8.34. The average Bonchev–Trinajstić information content (AvgIpc) is 3.49. The van der Waals surface area contributed by atoms with Gasteiger partial charge in [0, 0.05) is 30.0 Å². The summed E-state index contributed by atoms with van der Waals surface area (Å²) in [5, 5.41) is 20.0. The SMILES string of the molecule is COc1cccc(-c2csc3nc(NC(=O)CCN4C(=O)c5cccc([N+](=O)[O-])c5C4=O)nn23)c1. The van der Waals surface area contributed by atoms with Crippen molar-refractivity contribution in [1.82, 2.24) is 19.5 Å². The van der Waals surface area contributed by atoms with E-state index in [0.717, 1.165) is 22.2 Å². The third-order valence-corrected chi connectivity index (χ3v) is 6.25. The Labute approximate surface area is 200 Å². The minimum atomic E-state index is -0.798. The molecule has 2 aromatic heterocycles. The largest absolute Gasteiger partial charge is 0.497 e. The molecular formula is C22H16N6O6S. The molecule has 1 aliphatic heterocycles. The van der Waals surface area contributed by atoms with Crippen molar-refractivity contribution in [3.05, 3.63) is 69.1 Å². The van der Waals surface area contributed by atoms with Crippen LogP contribution in [0.25, 0.3) is 16.2 Å². The van der Waals surface area contributed by atoms with Crippen LogP contribution in [0.15, 0.2) is 47.8 Å². The molecule has 0 atom stereocenters. The van der Waals surface area contributed by atoms with Gasteiger partial charge in [0.25, 0.3) is 17.5 Å². The molecule has 0 aliphatic carbocycles. The van der Waals surface area contributed by atoms with Crippen LogP contribution in [0.3, 0.4) is 0 Å². The summed E-state index contributed by atoms with van der Waals surface area (Å²) in [6.07, 6.45) is -0.227. The standard InChI is InChI=1S/C22H16N6O6S/c1-34-13-5-2-4-12(10-13)16-11-35-22-24-21(25-27(16)22)23-17(29)8-9-26-19(30)14-6-3-7-15(28(32)33)18(14)20(26)31/h2-7,10-11H,8-9H2,1H3,(H,23,25,29). The molecular weight excluding hydrogens is 476 g/mol. The van der Waals surface area contributed by atoms with Crippen LogP contribution >= 0.6 is 11.3 Å². The van der Waals surface area contributed by atoms with Gasteiger partial charge in [-0.15, -0.1) is 16.4 Å². The summed E-state index contributed by atoms with van der Waals surface area (Å²) < 4.78 is 6.86. The lowest BCUT2D eigenvalue weighted by molar-refractivity contribution is -0.385. The Morgan fingerprint density at radius 2 is 2.00 bits per heavy atom. The number of aromatic nitrogens is 3. The lowest BCUT2D eigenvalue weighted by Gasteiger charge is -2.12. The molecule has 0 saturated carbocycles. The molecule has 2 aromatic carbocycles. The zero-order valence-electron chi connectivity index (χ0n) is 18.1. The predicted octanol–water partition coefficient (Wildman–Crippen LogP) is 3.00. The van der Waals surface area contributed by atoms with Gasteiger partial charge in [0.15, 0.2) is 0 Å². The number of carbonyl (C=O) groups is 3. The van der Waals surface area contributed by atoms with Crippen molar-refractivity contribution < 1.29 is 24.0 Å². The van der Waals surface area contributed by atoms with Gasteiger partial charge in [-0.3, -0.25) is 34.7 Å². The Kier molecular flexibility index (Phi) is 5.45. The highest BCUT2D eigenvalue weighted by Crippen LogP contribution is 2.31. The number of nitro benzene ring substituents is 1. The van der Waals surface area contributed by atoms with Crippen molar-refractivity contribution >= 4 is 45.7 Å². The quantitative estimate of drug-likeness (QED) is 0.235. The molecule has 0 radical (unpaired) electrons. The third-order valence-electron chi connectivity index (χ3n) is 5.43. The van der Waals surface area contributed by atoms with Crippen LogP contribution in [0, 0.1) is 10.1 Å². The van der Waals surface area contributed by atoms with Crippen molar-refractivity contribution in [2.24, 2.45) is 0 Å². The van der Waals surface area contributed by atoms with Crippen molar-refractivity contribution in [1.29, 1.82) is 0 Å². The first-order valence-corrected chi connectivity index (χ1v) is 11.2. The summed E-state index contributed by atoms with van der Waals surface area (Å²) >= 11 is 1.35. The number of thiazole rings is 1. The Morgan fingerprint density at radius 3 is 2.77 bits per heavy atom. The highest BCUT2D eigenvalue weighted by Gasteiger charge is 2.40. The van der Waals surface area contributed by atoms with Gasteiger partial charge >= 0.3 is 0 Å². The van der Waals surface area contributed by atoms with Gasteiger partial charge in [-0.05, 0) is 18.2 Å². The van der Waals surface area contributed by atoms with E-state index in [1.807, 2.05) is 29.6 Å². The molecule has 13 heteroatoms. The van der Waals surface area contributed by atoms with E-state index in [9.17, 15) is 24.5 Å². The number of hydrogen-bond donors (Lipinski definition) is 1. The number of fused-ring (bicyclic) bond motifs is 2. The van der Waals surface area contributed by atoms with E-state index in [1.54, 1.807) is 11.6 Å². The molecule has 176 valence electrons. The fourth-order valence-corrected chi connectivity index (χ4v) is 4.62. The summed E-state index contributed by atoms with van der Waals surface area (Å²) in [5.74, 6) is -1.23. The van der Waals surface area contributed by atoms with Crippen LogP contribution in [0.2, 0.25) is 0 Å². The first-order chi connectivity index (χ1) is 16.9. The van der Waals surface area contributed by atoms with Gasteiger partial charge in [-0.1, -0.05) is 18.2 Å². The first kappa shape index (κ1) is 22.2. The number of anilines is 1. The number of methoxy groups -OCH3 is 1. The van der Waals surface area contributed by atoms with E-state index < -0.39 is 28.3 Å². The summed E-state index contributed by atoms with van der Waals surface area (Å²) in [6.45, 7) is -0.243. The van der Waals surface area contributed by atoms with Gasteiger partial charge < -0.3 is 4.74 Å². The molecule has 0 bridgehead atoms. The zero-order valence-corrected chi connectivity index (χ0v) is 18.9. The second kappa shape index (κ2) is 8.61. The van der Waals surface area contributed by atoms with Crippen molar-refractivity contribution in [3.8, 4) is 17.0 Å². The van der Waals surface area contributed by atoms with E-state index in [-0.39, 0.29) is 30.0 Å². The second-order valence-electron chi connectivity index (χ2n) is 7.50. The number of rotatable bonds is 7. The van der Waals surface area contributed by atoms with Crippen molar-refractivity contribution in [2.75, 3.05) is 19.0 Å². The summed E-state index contributed by atoms with van der Waals surface area (Å²) in [7, 11) is 1.58. The monoisotopic (exact) mass is 492 g/mol. The predicted molar refractivity (Wildman–Crippen MR) is 125 cm³/mol. The molecule has 4 aromatic rings. The smallest absolute Gasteiger partial charge is 0.282 e. The van der Waals surface area contributed by atoms with Crippen molar-refractivity contribution in [3.63, 3.8) is 0 Å². The van der Waals surface area contributed by atoms with Gasteiger partial charge in [0.05, 0.1) is 23.3 Å². The maximum atomic E-state index is 12.6. The van der Waals surface area contributed by atoms with E-state index in [1.165, 1.54) is 23.5 Å². The maximum Gasteiger partial charge on any atom is 0.282 e. The fourth-order valence-electron chi connectivity index (χ4n) is 3.79. The molecule has 3 heterocycles. The lowest BCUT2D eigenvalue weighted by atomic mass is 10.1. The van der Waals surface area contributed by atoms with Gasteiger partial charge in [0.2, 0.25) is 16.8 Å². The number of hydrogen-bond acceptors (Lipinski definition) is 9. The highest BCUT2D eigenvalue weighted by atomic mass is 32.1. The summed E-state index contributed by atoms with van der Waals surface area (Å²) in [5.41, 5.74) is 0.874. The number of nitrogens with zero attached hydrogens (tertiary/aromatic N) is 5. The minimum Gasteiger partial charge on any atom is -0.497 e. The summed E-state index contributed by atoms with van der Waals surface area (Å²) in [4.78, 5) is 53.9. The van der Waals surface area contributed by atoms with Crippen molar-refractivity contribution in [2.45, 2.75) is 6.42 Å². The Balaban J connectivity index is 1.28. The van der Waals surface area contributed by atoms with E-state index in [0.29, 0.717) is 10.7 Å². The Morgan fingerprint density at radius 1 is 1.20 bits per heavy atom. The Hall–Kier alpha value is -4.65. The van der Waals surface area contributed by atoms with Gasteiger partial charge in [-0.25, -0.2) is 4.52 Å². The number of carbonyl (C=O) groups excluding carboxylic acids is 3. The summed E-state index contributed by atoms with van der Waals surface area (Å²) in [6, 6.07) is 11.3. The number of amides is 3. The maximum absolute atomic E-state index is 12.6. The topological polar surface area (TPSA) is 149 Å². The van der Waals surface area contributed by atoms with E-state index in [2.05, 4.69) is 15.4 Å². The minimum absolute atomic E-state index is 0.0503. The molecule has 0 spiro atoms. The van der Waals surface area contributed by atoms with Crippen LogP contribution in [0.4, 0.5) is 11.6 Å². The third kappa shape index (κ3) is 3.87. The van der Waals surface area contributed by atoms with Crippen LogP contribution < -0.4 is 10.1 Å². The number of benzene rings is 2. The van der Waals surface area contributed by atoms with E-state index >= 15 is 0 Å². The molecule has 12 nitrogen and oxygen atoms in total. The zero-order chi connectivity index (χ0) is 24.7. The molecule has 5 rings (SSSR count). The van der Waals surface area contributed by atoms with Crippen LogP contribution in [0.5, 0.6) is 5.75 Å². The normalized spacial score (nSPS) is 12.8. The van der Waals surface area contributed by atoms with Crippen LogP contribution in [0.1, 0.15) is 27.1 Å². The van der Waals surface area contributed by atoms with Crippen LogP contribution in [-0.2, 0) is 4.79 Å². The number of imide groups is 1. The number of nitro groups is 1. The number of nitrogens with one attached hydrogen (secondary N) is 1. The first-order valence-electron chi connectivity index (χ1n) is 10.3.